The number of nitrogens with two attached hydrogens (primary N) is 1. The molecule has 6 heteroatoms. The molecule has 1 amide bonds. The Bertz CT molecular complexity index is 530. The fourth-order valence-corrected chi connectivity index (χ4v) is 2.26. The van der Waals surface area contributed by atoms with Crippen LogP contribution in [-0.2, 0) is 14.3 Å². The Morgan fingerprint density at radius 1 is 1.45 bits per heavy atom. The summed E-state index contributed by atoms with van der Waals surface area (Å²) in [7, 11) is 1.30. The highest BCUT2D eigenvalue weighted by Crippen LogP contribution is 2.18. The van der Waals surface area contributed by atoms with E-state index >= 15 is 0 Å². The Balaban J connectivity index is 2.27. The predicted octanol–water partition coefficient (Wildman–Crippen LogP) is 0.591. The monoisotopic (exact) mass is 278 g/mol. The van der Waals surface area contributed by atoms with Crippen LogP contribution >= 0.6 is 0 Å². The van der Waals surface area contributed by atoms with Gasteiger partial charge in [0.15, 0.2) is 6.04 Å². The molecule has 1 heterocycles. The Hall–Kier alpha value is -2.08. The minimum atomic E-state index is -0.696. The summed E-state index contributed by atoms with van der Waals surface area (Å²) in [5, 5.41) is 0. The van der Waals surface area contributed by atoms with Gasteiger partial charge in [0.25, 0.3) is 5.91 Å². The Kier molecular flexibility index (Phi) is 4.24. The number of carbonyl (C=O) groups excluding carboxylic acids is 2. The van der Waals surface area contributed by atoms with Crippen molar-refractivity contribution in [2.24, 2.45) is 0 Å². The minimum Gasteiger partial charge on any atom is -0.467 e. The number of benzene rings is 1. The van der Waals surface area contributed by atoms with Gasteiger partial charge in [-0.2, -0.15) is 0 Å². The van der Waals surface area contributed by atoms with Gasteiger partial charge in [-0.1, -0.05) is 0 Å². The first-order chi connectivity index (χ1) is 9.54. The van der Waals surface area contributed by atoms with Gasteiger partial charge in [0.2, 0.25) is 0 Å². The van der Waals surface area contributed by atoms with Crippen molar-refractivity contribution in [3.63, 3.8) is 0 Å². The SMILES string of the molecule is COC(=O)C1COCCN1C(=O)c1ccc(N)cc1C. The van der Waals surface area contributed by atoms with Gasteiger partial charge >= 0.3 is 5.97 Å². The number of methoxy groups -OCH3 is 1. The summed E-state index contributed by atoms with van der Waals surface area (Å²) in [6.07, 6.45) is 0. The number of amides is 1. The summed E-state index contributed by atoms with van der Waals surface area (Å²) in [5.41, 5.74) is 7.61. The molecule has 1 saturated heterocycles. The van der Waals surface area contributed by atoms with E-state index in [1.807, 2.05) is 6.92 Å². The van der Waals surface area contributed by atoms with E-state index in [4.69, 9.17) is 15.2 Å². The number of rotatable bonds is 2. The molecule has 20 heavy (non-hydrogen) atoms. The average Bonchev–Trinajstić information content (AvgIpc) is 2.46. The second-order valence-corrected chi connectivity index (χ2v) is 4.69. The number of esters is 1. The average molecular weight is 278 g/mol. The van der Waals surface area contributed by atoms with Crippen molar-refractivity contribution in [2.75, 3.05) is 32.6 Å². The maximum absolute atomic E-state index is 12.6. The van der Waals surface area contributed by atoms with Gasteiger partial charge in [0.1, 0.15) is 0 Å². The van der Waals surface area contributed by atoms with E-state index in [2.05, 4.69) is 0 Å². The summed E-state index contributed by atoms with van der Waals surface area (Å²) < 4.78 is 9.98. The number of nitrogen functional groups attached to an aromatic ring is 1. The molecule has 0 aliphatic carbocycles. The van der Waals surface area contributed by atoms with Gasteiger partial charge in [-0.3, -0.25) is 4.79 Å². The van der Waals surface area contributed by atoms with Crippen molar-refractivity contribution < 1.29 is 19.1 Å². The number of morpholine rings is 1. The van der Waals surface area contributed by atoms with Gasteiger partial charge < -0.3 is 20.1 Å². The van der Waals surface area contributed by atoms with Gasteiger partial charge in [-0.05, 0) is 30.7 Å². The molecular formula is C14H18N2O4. The molecule has 1 unspecified atom stereocenters. The van der Waals surface area contributed by atoms with Crippen molar-refractivity contribution in [1.29, 1.82) is 0 Å². The molecule has 0 radical (unpaired) electrons. The number of aryl methyl sites for hydroxylation is 1. The lowest BCUT2D eigenvalue weighted by molar-refractivity contribution is -0.151. The highest BCUT2D eigenvalue weighted by atomic mass is 16.5. The Labute approximate surface area is 117 Å². The minimum absolute atomic E-state index is 0.159. The Morgan fingerprint density at radius 2 is 2.20 bits per heavy atom. The van der Waals surface area contributed by atoms with E-state index in [1.165, 1.54) is 12.0 Å². The fourth-order valence-electron chi connectivity index (χ4n) is 2.26. The van der Waals surface area contributed by atoms with E-state index in [9.17, 15) is 9.59 Å². The molecule has 1 atom stereocenters. The molecule has 0 saturated carbocycles. The molecule has 1 fully saturated rings. The second kappa shape index (κ2) is 5.92. The molecule has 0 bridgehead atoms. The third kappa shape index (κ3) is 2.75. The second-order valence-electron chi connectivity index (χ2n) is 4.69. The molecule has 2 N–H and O–H groups in total. The quantitative estimate of drug-likeness (QED) is 0.632. The van der Waals surface area contributed by atoms with Crippen molar-refractivity contribution in [2.45, 2.75) is 13.0 Å². The zero-order valence-electron chi connectivity index (χ0n) is 11.6. The third-order valence-electron chi connectivity index (χ3n) is 3.34. The molecule has 0 spiro atoms. The van der Waals surface area contributed by atoms with Crippen molar-refractivity contribution >= 4 is 17.6 Å². The van der Waals surface area contributed by atoms with Gasteiger partial charge in [-0.25, -0.2) is 4.79 Å². The zero-order valence-corrected chi connectivity index (χ0v) is 11.6. The van der Waals surface area contributed by atoms with E-state index in [-0.39, 0.29) is 12.5 Å². The van der Waals surface area contributed by atoms with Crippen LogP contribution < -0.4 is 5.73 Å². The standard InChI is InChI=1S/C14H18N2O4/c1-9-7-10(15)3-4-11(9)13(17)16-5-6-20-8-12(16)14(18)19-2/h3-4,7,12H,5-6,8,15H2,1-2H3. The van der Waals surface area contributed by atoms with Crippen molar-refractivity contribution in [3.05, 3.63) is 29.3 Å². The Morgan fingerprint density at radius 3 is 2.85 bits per heavy atom. The number of anilines is 1. The number of nitrogens with zero attached hydrogens (tertiary/aromatic N) is 1. The summed E-state index contributed by atoms with van der Waals surface area (Å²) in [6.45, 7) is 2.75. The molecular weight excluding hydrogens is 260 g/mol. The molecule has 108 valence electrons. The molecule has 6 nitrogen and oxygen atoms in total. The summed E-state index contributed by atoms with van der Waals surface area (Å²) >= 11 is 0. The lowest BCUT2D eigenvalue weighted by atomic mass is 10.1. The normalized spacial score (nSPS) is 18.7. The molecule has 1 aliphatic rings. The van der Waals surface area contributed by atoms with Crippen LogP contribution in [0.4, 0.5) is 5.69 Å². The predicted molar refractivity (Wildman–Crippen MR) is 73.3 cm³/mol. The van der Waals surface area contributed by atoms with E-state index in [0.29, 0.717) is 24.4 Å². The van der Waals surface area contributed by atoms with Crippen LogP contribution in [0, 0.1) is 6.92 Å². The first kappa shape index (κ1) is 14.3. The lowest BCUT2D eigenvalue weighted by Gasteiger charge is -2.34. The number of ether oxygens (including phenoxy) is 2. The highest BCUT2D eigenvalue weighted by Gasteiger charge is 2.34. The maximum Gasteiger partial charge on any atom is 0.331 e. The van der Waals surface area contributed by atoms with Crippen LogP contribution in [0.25, 0.3) is 0 Å². The fraction of sp³-hybridized carbons (Fsp3) is 0.429. The topological polar surface area (TPSA) is 81.9 Å². The smallest absolute Gasteiger partial charge is 0.331 e. The number of hydrogen-bond donors (Lipinski definition) is 1. The number of hydrogen-bond acceptors (Lipinski definition) is 5. The first-order valence-corrected chi connectivity index (χ1v) is 6.37. The highest BCUT2D eigenvalue weighted by molar-refractivity contribution is 5.98. The van der Waals surface area contributed by atoms with E-state index in [0.717, 1.165) is 5.56 Å². The largest absolute Gasteiger partial charge is 0.467 e. The zero-order chi connectivity index (χ0) is 14.7. The molecule has 2 rings (SSSR count). The summed E-state index contributed by atoms with van der Waals surface area (Å²) in [4.78, 5) is 25.8. The van der Waals surface area contributed by atoms with Crippen LogP contribution in [0.1, 0.15) is 15.9 Å². The van der Waals surface area contributed by atoms with Gasteiger partial charge in [0, 0.05) is 17.8 Å². The molecule has 0 aromatic heterocycles. The van der Waals surface area contributed by atoms with Crippen molar-refractivity contribution in [3.8, 4) is 0 Å². The maximum atomic E-state index is 12.6. The van der Waals surface area contributed by atoms with Gasteiger partial charge in [-0.15, -0.1) is 0 Å². The van der Waals surface area contributed by atoms with Crippen LogP contribution in [0.3, 0.4) is 0 Å². The van der Waals surface area contributed by atoms with Crippen LogP contribution in [0.5, 0.6) is 0 Å². The van der Waals surface area contributed by atoms with Crippen molar-refractivity contribution in [1.82, 2.24) is 4.90 Å². The first-order valence-electron chi connectivity index (χ1n) is 6.37. The molecule has 1 aromatic rings. The third-order valence-corrected chi connectivity index (χ3v) is 3.34. The van der Waals surface area contributed by atoms with Crippen LogP contribution in [0.2, 0.25) is 0 Å². The lowest BCUT2D eigenvalue weighted by Crippen LogP contribution is -2.53. The van der Waals surface area contributed by atoms with Crippen LogP contribution in [-0.4, -0.2) is 49.7 Å². The number of carbonyl (C=O) groups is 2. The molecule has 1 aliphatic heterocycles. The van der Waals surface area contributed by atoms with Gasteiger partial charge in [0.05, 0.1) is 20.3 Å². The summed E-state index contributed by atoms with van der Waals surface area (Å²) in [5.74, 6) is -0.674. The van der Waals surface area contributed by atoms with Crippen LogP contribution in [0.15, 0.2) is 18.2 Å². The van der Waals surface area contributed by atoms with E-state index in [1.54, 1.807) is 18.2 Å². The summed E-state index contributed by atoms with van der Waals surface area (Å²) in [6, 6.07) is 4.39. The molecule has 1 aromatic carbocycles. The van der Waals surface area contributed by atoms with E-state index < -0.39 is 12.0 Å².